The fraction of sp³-hybridized carbons (Fsp3) is 0.364. The van der Waals surface area contributed by atoms with Gasteiger partial charge in [-0.25, -0.2) is 0 Å². The fourth-order valence-electron chi connectivity index (χ4n) is 1.57. The summed E-state index contributed by atoms with van der Waals surface area (Å²) in [6.07, 6.45) is 0.815. The lowest BCUT2D eigenvalue weighted by Crippen LogP contribution is -2.29. The number of aliphatic imine (C=N–C) groups is 1. The van der Waals surface area contributed by atoms with Gasteiger partial charge in [0.25, 0.3) is 5.08 Å². The Labute approximate surface area is 137 Å². The number of amidine groups is 1. The van der Waals surface area contributed by atoms with Crippen molar-refractivity contribution >= 4 is 37.8 Å². The molecule has 0 heterocycles. The summed E-state index contributed by atoms with van der Waals surface area (Å²) in [5, 5.41) is 9.60. The van der Waals surface area contributed by atoms with E-state index in [2.05, 4.69) is 10.3 Å². The number of benzene rings is 1. The predicted octanol–water partition coefficient (Wildman–Crippen LogP) is 1.21. The van der Waals surface area contributed by atoms with Crippen molar-refractivity contribution in [3.05, 3.63) is 30.3 Å². The smallest absolute Gasteiger partial charge is 0.367 e. The molecule has 130 valence electrons. The van der Waals surface area contributed by atoms with Crippen LogP contribution in [0.5, 0.6) is 0 Å². The molecule has 0 atom stereocenters. The first-order valence-corrected chi connectivity index (χ1v) is 10.7. The van der Waals surface area contributed by atoms with E-state index in [0.717, 1.165) is 5.69 Å². The molecule has 0 amide bonds. The summed E-state index contributed by atoms with van der Waals surface area (Å²) in [6, 6.07) is 8.95. The number of hydrogen-bond donors (Lipinski definition) is 6. The van der Waals surface area contributed by atoms with Crippen LogP contribution in [-0.2, 0) is 9.13 Å². The van der Waals surface area contributed by atoms with Crippen molar-refractivity contribution in [2.45, 2.75) is 11.5 Å². The quantitative estimate of drug-likeness (QED) is 0.241. The van der Waals surface area contributed by atoms with Crippen LogP contribution in [0, 0.1) is 0 Å². The summed E-state index contributed by atoms with van der Waals surface area (Å²) in [5.41, 5.74) is 0.723. The highest BCUT2D eigenvalue weighted by Gasteiger charge is 2.58. The average molecular weight is 384 g/mol. The molecular formula is C11H18N2O7P2S. The molecule has 12 heteroatoms. The van der Waals surface area contributed by atoms with E-state index in [1.54, 1.807) is 30.5 Å². The maximum Gasteiger partial charge on any atom is 0.369 e. The third-order valence-corrected chi connectivity index (χ3v) is 7.35. The molecule has 0 fully saturated rings. The molecule has 0 saturated carbocycles. The number of hydrogen-bond acceptors (Lipinski definition) is 5. The molecule has 0 aliphatic carbocycles. The first-order chi connectivity index (χ1) is 10.5. The first kappa shape index (κ1) is 20.3. The summed E-state index contributed by atoms with van der Waals surface area (Å²) in [7, 11) is -10.9. The maximum absolute atomic E-state index is 11.2. The van der Waals surface area contributed by atoms with Crippen molar-refractivity contribution in [2.75, 3.05) is 18.1 Å². The second-order valence-electron chi connectivity index (χ2n) is 4.49. The topological polar surface area (TPSA) is 160 Å². The molecule has 0 aliphatic heterocycles. The van der Waals surface area contributed by atoms with Gasteiger partial charge in [0.1, 0.15) is 0 Å². The first-order valence-electron chi connectivity index (χ1n) is 6.25. The van der Waals surface area contributed by atoms with Gasteiger partial charge in [0.15, 0.2) is 5.17 Å². The van der Waals surface area contributed by atoms with Gasteiger partial charge >= 0.3 is 15.2 Å². The highest BCUT2D eigenvalue weighted by molar-refractivity contribution is 8.13. The van der Waals surface area contributed by atoms with E-state index in [9.17, 15) is 14.2 Å². The van der Waals surface area contributed by atoms with E-state index >= 15 is 0 Å². The van der Waals surface area contributed by atoms with E-state index in [1.807, 2.05) is 6.07 Å². The summed E-state index contributed by atoms with van der Waals surface area (Å²) >= 11 is 1.20. The Hall–Kier alpha value is -0.700. The van der Waals surface area contributed by atoms with Gasteiger partial charge in [0.05, 0.1) is 0 Å². The number of aliphatic hydroxyl groups is 1. The fourth-order valence-corrected chi connectivity index (χ4v) is 4.15. The van der Waals surface area contributed by atoms with Crippen LogP contribution in [-0.4, -0.2) is 47.7 Å². The van der Waals surface area contributed by atoms with Crippen molar-refractivity contribution in [1.82, 2.24) is 0 Å². The third-order valence-electron chi connectivity index (χ3n) is 2.85. The van der Waals surface area contributed by atoms with Gasteiger partial charge in [-0.2, -0.15) is 0 Å². The maximum atomic E-state index is 11.2. The second-order valence-corrected chi connectivity index (χ2v) is 9.30. The van der Waals surface area contributed by atoms with Crippen LogP contribution in [0.3, 0.4) is 0 Å². The molecule has 0 radical (unpaired) electrons. The van der Waals surface area contributed by atoms with Crippen LogP contribution < -0.4 is 5.32 Å². The molecule has 0 spiro atoms. The summed E-state index contributed by atoms with van der Waals surface area (Å²) in [5.74, 6) is 0. The van der Waals surface area contributed by atoms with E-state index in [4.69, 9.17) is 19.6 Å². The van der Waals surface area contributed by atoms with Gasteiger partial charge in [-0.1, -0.05) is 30.0 Å². The Kier molecular flexibility index (Phi) is 7.00. The van der Waals surface area contributed by atoms with Gasteiger partial charge in [-0.15, -0.1) is 0 Å². The third kappa shape index (κ3) is 5.41. The summed E-state index contributed by atoms with van der Waals surface area (Å²) in [4.78, 5) is 40.1. The lowest BCUT2D eigenvalue weighted by molar-refractivity contribution is 0.125. The number of rotatable bonds is 6. The normalized spacial score (nSPS) is 13.9. The molecule has 1 rings (SSSR count). The van der Waals surface area contributed by atoms with Crippen molar-refractivity contribution in [3.8, 4) is 0 Å². The molecule has 1 aromatic rings. The predicted molar refractivity (Wildman–Crippen MR) is 89.5 cm³/mol. The van der Waals surface area contributed by atoms with Gasteiger partial charge in [-0.3, -0.25) is 14.1 Å². The zero-order valence-corrected chi connectivity index (χ0v) is 14.7. The van der Waals surface area contributed by atoms with Crippen LogP contribution in [0.25, 0.3) is 0 Å². The Bertz CT molecular complexity index is 621. The van der Waals surface area contributed by atoms with Crippen LogP contribution in [0.4, 0.5) is 5.69 Å². The lowest BCUT2D eigenvalue weighted by atomic mass is 10.3. The number of nitrogens with zero attached hydrogens (tertiary/aromatic N) is 1. The highest BCUT2D eigenvalue weighted by Crippen LogP contribution is 2.68. The van der Waals surface area contributed by atoms with Gasteiger partial charge < -0.3 is 30.0 Å². The van der Waals surface area contributed by atoms with Crippen LogP contribution in [0.1, 0.15) is 6.42 Å². The molecule has 0 aliphatic rings. The van der Waals surface area contributed by atoms with Crippen molar-refractivity contribution in [2.24, 2.45) is 4.99 Å². The number of nitrogens with one attached hydrogen (secondary N) is 1. The zero-order valence-electron chi connectivity index (χ0n) is 12.1. The Morgan fingerprint density at radius 2 is 1.70 bits per heavy atom. The Morgan fingerprint density at radius 1 is 1.17 bits per heavy atom. The van der Waals surface area contributed by atoms with Gasteiger partial charge in [0.2, 0.25) is 0 Å². The van der Waals surface area contributed by atoms with Gasteiger partial charge in [0, 0.05) is 18.7 Å². The molecule has 1 aromatic carbocycles. The minimum absolute atomic E-state index is 0.370. The van der Waals surface area contributed by atoms with Crippen molar-refractivity contribution < 1.29 is 33.8 Å². The molecule has 0 aromatic heterocycles. The van der Waals surface area contributed by atoms with Crippen molar-refractivity contribution in [3.63, 3.8) is 0 Å². The van der Waals surface area contributed by atoms with E-state index < -0.39 is 26.7 Å². The Morgan fingerprint density at radius 3 is 2.13 bits per heavy atom. The summed E-state index contributed by atoms with van der Waals surface area (Å²) < 4.78 is 22.4. The lowest BCUT2D eigenvalue weighted by Gasteiger charge is -2.28. The molecule has 0 unspecified atom stereocenters. The minimum Gasteiger partial charge on any atom is -0.367 e. The van der Waals surface area contributed by atoms with E-state index in [1.165, 1.54) is 11.8 Å². The highest BCUT2D eigenvalue weighted by atomic mass is 32.2. The standard InChI is InChI=1S/C11H18N2O7P2S/c1-23-10(13-9-5-3-2-4-6-9)12-8-7-11(14,21(15,16)17)22(18,19)20/h2-6,14H,7-8H2,1H3,(H,12,13)(H2,15,16,17)(H2,18,19,20). The minimum atomic E-state index is -5.45. The molecule has 0 bridgehead atoms. The number of para-hydroxylation sites is 1. The van der Waals surface area contributed by atoms with Crippen LogP contribution >= 0.6 is 27.0 Å². The summed E-state index contributed by atoms with van der Waals surface area (Å²) in [6.45, 7) is -0.386. The number of anilines is 1. The van der Waals surface area contributed by atoms with Crippen LogP contribution in [0.15, 0.2) is 35.3 Å². The van der Waals surface area contributed by atoms with Crippen molar-refractivity contribution in [1.29, 1.82) is 0 Å². The van der Waals surface area contributed by atoms with E-state index in [0.29, 0.717) is 5.17 Å². The second kappa shape index (κ2) is 7.92. The zero-order chi connectivity index (χ0) is 17.7. The molecule has 23 heavy (non-hydrogen) atoms. The monoisotopic (exact) mass is 384 g/mol. The van der Waals surface area contributed by atoms with E-state index in [-0.39, 0.29) is 6.54 Å². The number of thioether (sulfide) groups is 1. The SMILES string of the molecule is CSC(=NCCC(O)(P(=O)(O)O)P(=O)(O)O)Nc1ccccc1. The molecule has 6 N–H and O–H groups in total. The average Bonchev–Trinajstić information content (AvgIpc) is 2.44. The largest absolute Gasteiger partial charge is 0.369 e. The van der Waals surface area contributed by atoms with Crippen LogP contribution in [0.2, 0.25) is 0 Å². The molecule has 9 nitrogen and oxygen atoms in total. The molecule has 0 saturated heterocycles. The molecular weight excluding hydrogens is 366 g/mol. The Balaban J connectivity index is 2.85. The van der Waals surface area contributed by atoms with Gasteiger partial charge in [-0.05, 0) is 18.4 Å².